The van der Waals surface area contributed by atoms with E-state index in [2.05, 4.69) is 5.10 Å². The van der Waals surface area contributed by atoms with Gasteiger partial charge < -0.3 is 9.84 Å². The van der Waals surface area contributed by atoms with E-state index < -0.39 is 12.0 Å². The van der Waals surface area contributed by atoms with E-state index in [0.717, 1.165) is 17.8 Å². The molecule has 0 aliphatic carbocycles. The van der Waals surface area contributed by atoms with E-state index in [1.165, 1.54) is 0 Å². The molecule has 6 nitrogen and oxygen atoms in total. The molecule has 0 amide bonds. The average Bonchev–Trinajstić information content (AvgIpc) is 2.66. The topological polar surface area (TPSA) is 67.6 Å². The number of ether oxygens (including phenoxy) is 1. The summed E-state index contributed by atoms with van der Waals surface area (Å²) in [7, 11) is 1.83. The number of rotatable bonds is 4. The Morgan fingerprint density at radius 3 is 2.95 bits per heavy atom. The lowest BCUT2D eigenvalue weighted by atomic mass is 10.2. The van der Waals surface area contributed by atoms with Crippen molar-refractivity contribution in [2.24, 2.45) is 7.05 Å². The number of morpholine rings is 1. The molecular formula is C12H18ClN3O3. The monoisotopic (exact) mass is 287 g/mol. The fourth-order valence-electron chi connectivity index (χ4n) is 2.24. The van der Waals surface area contributed by atoms with Gasteiger partial charge in [-0.3, -0.25) is 14.4 Å². The first-order valence-electron chi connectivity index (χ1n) is 6.29. The van der Waals surface area contributed by atoms with Crippen molar-refractivity contribution in [1.29, 1.82) is 0 Å². The largest absolute Gasteiger partial charge is 0.480 e. The van der Waals surface area contributed by atoms with Crippen LogP contribution in [0.15, 0.2) is 0 Å². The number of nitrogens with zero attached hydrogens (tertiary/aromatic N) is 3. The lowest BCUT2D eigenvalue weighted by Gasteiger charge is -2.32. The highest BCUT2D eigenvalue weighted by Gasteiger charge is 2.30. The van der Waals surface area contributed by atoms with Crippen molar-refractivity contribution in [3.8, 4) is 0 Å². The predicted molar refractivity (Wildman–Crippen MR) is 70.2 cm³/mol. The molecule has 1 aliphatic heterocycles. The third-order valence-corrected chi connectivity index (χ3v) is 3.82. The van der Waals surface area contributed by atoms with Gasteiger partial charge in [-0.05, 0) is 6.42 Å². The molecule has 2 rings (SSSR count). The molecule has 0 aromatic carbocycles. The maximum atomic E-state index is 11.2. The highest BCUT2D eigenvalue weighted by Crippen LogP contribution is 2.23. The maximum Gasteiger partial charge on any atom is 0.323 e. The van der Waals surface area contributed by atoms with Crippen LogP contribution in [0.2, 0.25) is 5.02 Å². The summed E-state index contributed by atoms with van der Waals surface area (Å²) in [6.07, 6.45) is 0.762. The van der Waals surface area contributed by atoms with Gasteiger partial charge in [-0.15, -0.1) is 0 Å². The molecule has 1 unspecified atom stereocenters. The van der Waals surface area contributed by atoms with E-state index >= 15 is 0 Å². The zero-order valence-electron chi connectivity index (χ0n) is 11.1. The zero-order chi connectivity index (χ0) is 14.0. The molecule has 0 radical (unpaired) electrons. The van der Waals surface area contributed by atoms with Crippen molar-refractivity contribution in [1.82, 2.24) is 14.7 Å². The second kappa shape index (κ2) is 5.90. The van der Waals surface area contributed by atoms with Crippen LogP contribution in [0.1, 0.15) is 18.3 Å². The minimum atomic E-state index is -0.867. The van der Waals surface area contributed by atoms with Crippen LogP contribution in [0, 0.1) is 0 Å². The molecule has 1 fully saturated rings. The maximum absolute atomic E-state index is 11.2. The summed E-state index contributed by atoms with van der Waals surface area (Å²) < 4.78 is 6.95. The summed E-state index contributed by atoms with van der Waals surface area (Å²) in [5, 5.41) is 14.2. The summed E-state index contributed by atoms with van der Waals surface area (Å²) >= 11 is 6.29. The van der Waals surface area contributed by atoms with Crippen molar-refractivity contribution in [2.75, 3.05) is 19.8 Å². The van der Waals surface area contributed by atoms with Crippen LogP contribution in [-0.2, 0) is 29.5 Å². The number of aromatic nitrogens is 2. The van der Waals surface area contributed by atoms with Crippen LogP contribution in [0.3, 0.4) is 0 Å². The van der Waals surface area contributed by atoms with E-state index in [1.807, 2.05) is 18.9 Å². The molecule has 1 saturated heterocycles. The van der Waals surface area contributed by atoms with Gasteiger partial charge in [0.25, 0.3) is 0 Å². The van der Waals surface area contributed by atoms with E-state index in [4.69, 9.17) is 16.3 Å². The quantitative estimate of drug-likeness (QED) is 0.892. The summed E-state index contributed by atoms with van der Waals surface area (Å²) in [5.41, 5.74) is 1.70. The van der Waals surface area contributed by atoms with Crippen LogP contribution in [0.5, 0.6) is 0 Å². The first kappa shape index (κ1) is 14.3. The van der Waals surface area contributed by atoms with Gasteiger partial charge in [0.05, 0.1) is 29.6 Å². The number of carboxylic acid groups (broad SMARTS) is 1. The van der Waals surface area contributed by atoms with Gasteiger partial charge in [-0.1, -0.05) is 18.5 Å². The number of halogens is 1. The Morgan fingerprint density at radius 1 is 1.63 bits per heavy atom. The van der Waals surface area contributed by atoms with Crippen LogP contribution < -0.4 is 0 Å². The van der Waals surface area contributed by atoms with Crippen molar-refractivity contribution in [3.63, 3.8) is 0 Å². The van der Waals surface area contributed by atoms with Gasteiger partial charge in [0.2, 0.25) is 0 Å². The molecule has 0 saturated carbocycles. The fraction of sp³-hybridized carbons (Fsp3) is 0.667. The normalized spacial score (nSPS) is 20.7. The molecule has 106 valence electrons. The Labute approximate surface area is 116 Å². The Morgan fingerprint density at radius 2 is 2.37 bits per heavy atom. The Hall–Kier alpha value is -1.11. The fourth-order valence-corrected chi connectivity index (χ4v) is 2.59. The number of carbonyl (C=O) groups is 1. The van der Waals surface area contributed by atoms with E-state index in [0.29, 0.717) is 24.7 Å². The predicted octanol–water partition coefficient (Wildman–Crippen LogP) is 0.921. The smallest absolute Gasteiger partial charge is 0.323 e. The molecule has 2 heterocycles. The van der Waals surface area contributed by atoms with Gasteiger partial charge in [-0.25, -0.2) is 0 Å². The summed E-state index contributed by atoms with van der Waals surface area (Å²) in [5.74, 6) is -0.867. The Bertz CT molecular complexity index is 475. The van der Waals surface area contributed by atoms with Crippen molar-refractivity contribution < 1.29 is 14.6 Å². The van der Waals surface area contributed by atoms with Gasteiger partial charge >= 0.3 is 5.97 Å². The molecule has 0 spiro atoms. The molecule has 7 heteroatoms. The zero-order valence-corrected chi connectivity index (χ0v) is 11.9. The summed E-state index contributed by atoms with van der Waals surface area (Å²) in [6.45, 7) is 3.81. The average molecular weight is 288 g/mol. The molecule has 19 heavy (non-hydrogen) atoms. The van der Waals surface area contributed by atoms with Crippen molar-refractivity contribution in [2.45, 2.75) is 25.9 Å². The van der Waals surface area contributed by atoms with Crippen molar-refractivity contribution >= 4 is 17.6 Å². The number of carboxylic acids is 1. The van der Waals surface area contributed by atoms with E-state index in [9.17, 15) is 9.90 Å². The van der Waals surface area contributed by atoms with Gasteiger partial charge in [-0.2, -0.15) is 5.10 Å². The number of hydrogen-bond acceptors (Lipinski definition) is 4. The Balaban J connectivity index is 2.19. The molecule has 1 aromatic heterocycles. The molecular weight excluding hydrogens is 270 g/mol. The minimum Gasteiger partial charge on any atom is -0.480 e. The SMILES string of the molecule is CCc1nn(C)c(CN2CCOCC2C(=O)O)c1Cl. The second-order valence-electron chi connectivity index (χ2n) is 4.58. The Kier molecular flexibility index (Phi) is 4.44. The van der Waals surface area contributed by atoms with E-state index in [-0.39, 0.29) is 6.61 Å². The van der Waals surface area contributed by atoms with Crippen LogP contribution >= 0.6 is 11.6 Å². The molecule has 0 bridgehead atoms. The molecule has 1 N–H and O–H groups in total. The molecule has 1 aromatic rings. The van der Waals surface area contributed by atoms with Gasteiger partial charge in [0.1, 0.15) is 6.04 Å². The highest BCUT2D eigenvalue weighted by molar-refractivity contribution is 6.31. The van der Waals surface area contributed by atoms with Gasteiger partial charge in [0.15, 0.2) is 0 Å². The lowest BCUT2D eigenvalue weighted by Crippen LogP contribution is -2.49. The first-order chi connectivity index (χ1) is 9.04. The third-order valence-electron chi connectivity index (χ3n) is 3.38. The summed E-state index contributed by atoms with van der Waals surface area (Å²) in [6, 6.07) is -0.621. The third kappa shape index (κ3) is 2.91. The summed E-state index contributed by atoms with van der Waals surface area (Å²) in [4.78, 5) is 13.1. The first-order valence-corrected chi connectivity index (χ1v) is 6.67. The standard InChI is InChI=1S/C12H18ClN3O3/c1-3-8-11(13)9(15(2)14-8)6-16-4-5-19-7-10(16)12(17)18/h10H,3-7H2,1-2H3,(H,17,18). The molecule has 1 atom stereocenters. The van der Waals surface area contributed by atoms with Gasteiger partial charge in [0, 0.05) is 20.1 Å². The number of aryl methyl sites for hydroxylation is 2. The van der Waals surface area contributed by atoms with Crippen LogP contribution in [0.4, 0.5) is 0 Å². The second-order valence-corrected chi connectivity index (χ2v) is 4.96. The highest BCUT2D eigenvalue weighted by atomic mass is 35.5. The lowest BCUT2D eigenvalue weighted by molar-refractivity contribution is -0.150. The number of hydrogen-bond donors (Lipinski definition) is 1. The van der Waals surface area contributed by atoms with Crippen molar-refractivity contribution in [3.05, 3.63) is 16.4 Å². The minimum absolute atomic E-state index is 0.214. The molecule has 1 aliphatic rings. The van der Waals surface area contributed by atoms with Crippen LogP contribution in [0.25, 0.3) is 0 Å². The van der Waals surface area contributed by atoms with E-state index in [1.54, 1.807) is 4.68 Å². The van der Waals surface area contributed by atoms with Crippen LogP contribution in [-0.4, -0.2) is 51.6 Å². The number of aliphatic carboxylic acids is 1.